The van der Waals surface area contributed by atoms with Gasteiger partial charge in [-0.15, -0.1) is 11.8 Å². The Labute approximate surface area is 186 Å². The summed E-state index contributed by atoms with van der Waals surface area (Å²) in [4.78, 5) is 23.5. The minimum absolute atomic E-state index is 0.117. The Morgan fingerprint density at radius 1 is 1.16 bits per heavy atom. The van der Waals surface area contributed by atoms with Crippen molar-refractivity contribution in [2.24, 2.45) is 23.7 Å². The normalized spacial score (nSPS) is 24.9. The molecule has 1 aromatic carbocycles. The van der Waals surface area contributed by atoms with Crippen LogP contribution in [-0.4, -0.2) is 32.3 Å². The number of carboxylic acid groups (broad SMARTS) is 1. The Morgan fingerprint density at radius 2 is 1.88 bits per heavy atom. The maximum atomic E-state index is 15.2. The van der Waals surface area contributed by atoms with E-state index in [9.17, 15) is 18.7 Å². The zero-order valence-corrected chi connectivity index (χ0v) is 18.2. The summed E-state index contributed by atoms with van der Waals surface area (Å²) in [5.41, 5.74) is 0.654. The fourth-order valence-corrected chi connectivity index (χ4v) is 6.15. The standard InChI is InChI=1S/C23H22F3N3O2S/c1-32-22-19(26)17(8-13-10-2-4-11(5-3-10)18(13)23(30)31)28-21(29-22)15-9-27-20-14(15)6-12(24)7-16(20)25/h6-7,9-11,13,18,27H,2-5,8H2,1H3,(H,30,31). The van der Waals surface area contributed by atoms with E-state index >= 15 is 4.39 Å². The van der Waals surface area contributed by atoms with Crippen molar-refractivity contribution in [3.05, 3.63) is 41.5 Å². The molecular formula is C23H22F3N3O2S. The molecule has 2 unspecified atom stereocenters. The molecule has 5 nitrogen and oxygen atoms in total. The maximum Gasteiger partial charge on any atom is 0.307 e. The van der Waals surface area contributed by atoms with E-state index in [0.29, 0.717) is 5.56 Å². The summed E-state index contributed by atoms with van der Waals surface area (Å²) in [5, 5.41) is 10.2. The Kier molecular flexibility index (Phi) is 5.39. The topological polar surface area (TPSA) is 78.9 Å². The number of nitrogens with zero attached hydrogens (tertiary/aromatic N) is 2. The average molecular weight is 462 g/mol. The third kappa shape index (κ3) is 3.46. The van der Waals surface area contributed by atoms with Gasteiger partial charge in [0.05, 0.1) is 17.1 Å². The Balaban J connectivity index is 1.59. The van der Waals surface area contributed by atoms with Crippen molar-refractivity contribution in [3.63, 3.8) is 0 Å². The highest BCUT2D eigenvalue weighted by atomic mass is 32.2. The Bertz CT molecular complexity index is 1210. The first kappa shape index (κ1) is 21.3. The van der Waals surface area contributed by atoms with Gasteiger partial charge in [0.25, 0.3) is 0 Å². The highest BCUT2D eigenvalue weighted by Crippen LogP contribution is 2.50. The molecule has 3 aromatic rings. The molecule has 3 aliphatic rings. The second kappa shape index (κ2) is 8.10. The van der Waals surface area contributed by atoms with Gasteiger partial charge in [0.2, 0.25) is 0 Å². The largest absolute Gasteiger partial charge is 0.481 e. The van der Waals surface area contributed by atoms with E-state index in [-0.39, 0.29) is 51.6 Å². The fraction of sp³-hybridized carbons (Fsp3) is 0.435. The molecule has 2 N–H and O–H groups in total. The average Bonchev–Trinajstić information content (AvgIpc) is 3.20. The van der Waals surface area contributed by atoms with Crippen LogP contribution in [0, 0.1) is 41.1 Å². The Hall–Kier alpha value is -2.55. The number of H-pyrrole nitrogens is 1. The van der Waals surface area contributed by atoms with E-state index in [4.69, 9.17) is 0 Å². The first-order valence-electron chi connectivity index (χ1n) is 10.7. The van der Waals surface area contributed by atoms with Gasteiger partial charge in [0.1, 0.15) is 16.7 Å². The molecule has 168 valence electrons. The molecule has 0 amide bonds. The number of thioether (sulfide) groups is 1. The molecule has 0 aliphatic heterocycles. The lowest BCUT2D eigenvalue weighted by Gasteiger charge is -2.46. The van der Waals surface area contributed by atoms with E-state index in [2.05, 4.69) is 15.0 Å². The van der Waals surface area contributed by atoms with E-state index in [1.165, 1.54) is 12.3 Å². The molecule has 32 heavy (non-hydrogen) atoms. The summed E-state index contributed by atoms with van der Waals surface area (Å²) in [6, 6.07) is 1.98. The number of hydrogen-bond donors (Lipinski definition) is 2. The van der Waals surface area contributed by atoms with Crippen LogP contribution in [0.5, 0.6) is 0 Å². The van der Waals surface area contributed by atoms with Crippen molar-refractivity contribution in [1.82, 2.24) is 15.0 Å². The summed E-state index contributed by atoms with van der Waals surface area (Å²) >= 11 is 1.12. The number of aromatic amines is 1. The summed E-state index contributed by atoms with van der Waals surface area (Å²) in [6.07, 6.45) is 7.09. The lowest BCUT2D eigenvalue weighted by molar-refractivity contribution is -0.152. The van der Waals surface area contributed by atoms with Gasteiger partial charge in [-0.05, 0) is 62.2 Å². The van der Waals surface area contributed by atoms with Crippen LogP contribution < -0.4 is 0 Å². The van der Waals surface area contributed by atoms with E-state index < -0.39 is 29.3 Å². The number of rotatable bonds is 5. The zero-order chi connectivity index (χ0) is 22.6. The van der Waals surface area contributed by atoms with Crippen molar-refractivity contribution in [1.29, 1.82) is 0 Å². The van der Waals surface area contributed by atoms with Crippen molar-refractivity contribution in [3.8, 4) is 11.4 Å². The second-order valence-electron chi connectivity index (χ2n) is 8.74. The predicted octanol–water partition coefficient (Wildman–Crippen LogP) is 5.44. The fourth-order valence-electron chi connectivity index (χ4n) is 5.68. The molecule has 0 saturated heterocycles. The van der Waals surface area contributed by atoms with Gasteiger partial charge < -0.3 is 10.1 Å². The molecule has 3 saturated carbocycles. The molecule has 2 aromatic heterocycles. The van der Waals surface area contributed by atoms with Crippen LogP contribution in [0.4, 0.5) is 13.2 Å². The molecule has 0 radical (unpaired) electrons. The van der Waals surface area contributed by atoms with Crippen LogP contribution in [-0.2, 0) is 11.2 Å². The molecule has 2 bridgehead atoms. The summed E-state index contributed by atoms with van der Waals surface area (Å²) in [5.74, 6) is -3.03. The third-order valence-corrected chi connectivity index (χ3v) is 7.79. The van der Waals surface area contributed by atoms with Crippen LogP contribution in [0.1, 0.15) is 31.4 Å². The van der Waals surface area contributed by atoms with Gasteiger partial charge in [-0.1, -0.05) is 0 Å². The SMILES string of the molecule is CSc1nc(-c2c[nH]c3c(F)cc(F)cc23)nc(CC2C3CCC(CC3)C2C(=O)O)c1F. The monoisotopic (exact) mass is 461 g/mol. The molecule has 0 spiro atoms. The first-order valence-corrected chi connectivity index (χ1v) is 11.9. The lowest BCUT2D eigenvalue weighted by Crippen LogP contribution is -2.45. The van der Waals surface area contributed by atoms with Crippen LogP contribution in [0.2, 0.25) is 0 Å². The number of halogens is 3. The summed E-state index contributed by atoms with van der Waals surface area (Å²) in [7, 11) is 0. The van der Waals surface area contributed by atoms with Gasteiger partial charge in [-0.25, -0.2) is 23.1 Å². The molecule has 6 rings (SSSR count). The lowest BCUT2D eigenvalue weighted by atomic mass is 9.57. The smallest absolute Gasteiger partial charge is 0.307 e. The number of hydrogen-bond acceptors (Lipinski definition) is 4. The third-order valence-electron chi connectivity index (χ3n) is 7.14. The van der Waals surface area contributed by atoms with E-state index in [1.807, 2.05) is 0 Å². The second-order valence-corrected chi connectivity index (χ2v) is 9.53. The Morgan fingerprint density at radius 3 is 2.56 bits per heavy atom. The van der Waals surface area contributed by atoms with E-state index in [0.717, 1.165) is 43.5 Å². The van der Waals surface area contributed by atoms with Crippen molar-refractivity contribution in [2.75, 3.05) is 6.26 Å². The minimum Gasteiger partial charge on any atom is -0.481 e. The molecule has 2 heterocycles. The first-order chi connectivity index (χ1) is 15.4. The molecule has 3 fully saturated rings. The molecule has 3 aliphatic carbocycles. The molecule has 9 heteroatoms. The molecular weight excluding hydrogens is 439 g/mol. The number of aliphatic carboxylic acids is 1. The van der Waals surface area contributed by atoms with Crippen LogP contribution in [0.25, 0.3) is 22.3 Å². The molecule has 2 atom stereocenters. The van der Waals surface area contributed by atoms with Crippen molar-refractivity contribution < 1.29 is 23.1 Å². The number of benzene rings is 1. The number of nitrogens with one attached hydrogen (secondary N) is 1. The number of aromatic nitrogens is 3. The number of carbonyl (C=O) groups is 1. The van der Waals surface area contributed by atoms with Gasteiger partial charge in [0, 0.05) is 23.2 Å². The van der Waals surface area contributed by atoms with Gasteiger partial charge in [-0.3, -0.25) is 4.79 Å². The maximum absolute atomic E-state index is 15.2. The van der Waals surface area contributed by atoms with Crippen LogP contribution in [0.3, 0.4) is 0 Å². The zero-order valence-electron chi connectivity index (χ0n) is 17.4. The van der Waals surface area contributed by atoms with Gasteiger partial charge >= 0.3 is 5.97 Å². The summed E-state index contributed by atoms with van der Waals surface area (Å²) < 4.78 is 43.2. The number of carboxylic acids is 1. The van der Waals surface area contributed by atoms with Crippen LogP contribution in [0.15, 0.2) is 23.4 Å². The summed E-state index contributed by atoms with van der Waals surface area (Å²) in [6.45, 7) is 0. The van der Waals surface area contributed by atoms with E-state index in [1.54, 1.807) is 6.26 Å². The van der Waals surface area contributed by atoms with Crippen LogP contribution >= 0.6 is 11.8 Å². The number of fused-ring (bicyclic) bond motifs is 4. The van der Waals surface area contributed by atoms with Crippen molar-refractivity contribution >= 4 is 28.6 Å². The quantitative estimate of drug-likeness (QED) is 0.391. The predicted molar refractivity (Wildman–Crippen MR) is 115 cm³/mol. The highest BCUT2D eigenvalue weighted by molar-refractivity contribution is 7.98. The van der Waals surface area contributed by atoms with Gasteiger partial charge in [-0.2, -0.15) is 0 Å². The minimum atomic E-state index is -0.827. The van der Waals surface area contributed by atoms with Gasteiger partial charge in [0.15, 0.2) is 11.6 Å². The van der Waals surface area contributed by atoms with Crippen molar-refractivity contribution in [2.45, 2.75) is 37.1 Å². The highest BCUT2D eigenvalue weighted by Gasteiger charge is 2.47.